The van der Waals surface area contributed by atoms with E-state index < -0.39 is 9.84 Å². The van der Waals surface area contributed by atoms with Gasteiger partial charge in [0.05, 0.1) is 5.25 Å². The highest BCUT2D eigenvalue weighted by Gasteiger charge is 2.33. The summed E-state index contributed by atoms with van der Waals surface area (Å²) in [5.41, 5.74) is 5.96. The predicted octanol–water partition coefficient (Wildman–Crippen LogP) is 1.54. The molecule has 0 saturated heterocycles. The normalized spacial score (nSPS) is 37.5. The van der Waals surface area contributed by atoms with E-state index >= 15 is 0 Å². The maximum absolute atomic E-state index is 11.7. The molecule has 0 spiro atoms. The molecule has 2 N–H and O–H groups in total. The SMILES string of the molecule is CN(C1CCC(N)CC1)C1CCCC(S(C)(=O)=O)C1. The van der Waals surface area contributed by atoms with Crippen LogP contribution in [0.1, 0.15) is 51.4 Å². The van der Waals surface area contributed by atoms with Crippen molar-refractivity contribution < 1.29 is 8.42 Å². The van der Waals surface area contributed by atoms with Crippen molar-refractivity contribution in [1.29, 1.82) is 0 Å². The van der Waals surface area contributed by atoms with Crippen LogP contribution in [0, 0.1) is 0 Å². The first-order valence-corrected chi connectivity index (χ1v) is 9.49. The first-order valence-electron chi connectivity index (χ1n) is 7.54. The summed E-state index contributed by atoms with van der Waals surface area (Å²) < 4.78 is 23.5. The monoisotopic (exact) mass is 288 g/mol. The lowest BCUT2D eigenvalue weighted by Gasteiger charge is -2.41. The third-order valence-electron chi connectivity index (χ3n) is 5.10. The fraction of sp³-hybridized carbons (Fsp3) is 1.00. The van der Waals surface area contributed by atoms with Crippen LogP contribution >= 0.6 is 0 Å². The molecule has 2 rings (SSSR count). The zero-order valence-corrected chi connectivity index (χ0v) is 13.0. The lowest BCUT2D eigenvalue weighted by molar-refractivity contribution is 0.107. The van der Waals surface area contributed by atoms with Crippen molar-refractivity contribution in [3.8, 4) is 0 Å². The minimum Gasteiger partial charge on any atom is -0.328 e. The quantitative estimate of drug-likeness (QED) is 0.856. The molecule has 0 aromatic rings. The summed E-state index contributed by atoms with van der Waals surface area (Å²) >= 11 is 0. The van der Waals surface area contributed by atoms with Gasteiger partial charge in [-0.3, -0.25) is 0 Å². The number of sulfone groups is 1. The fourth-order valence-corrected chi connectivity index (χ4v) is 4.85. The highest BCUT2D eigenvalue weighted by Crippen LogP contribution is 2.31. The number of rotatable bonds is 3. The summed E-state index contributed by atoms with van der Waals surface area (Å²) in [5, 5.41) is -0.125. The molecule has 19 heavy (non-hydrogen) atoms. The van der Waals surface area contributed by atoms with Gasteiger partial charge in [0, 0.05) is 24.4 Å². The second kappa shape index (κ2) is 6.10. The number of hydrogen-bond donors (Lipinski definition) is 1. The average Bonchev–Trinajstić information content (AvgIpc) is 2.38. The van der Waals surface area contributed by atoms with Gasteiger partial charge in [-0.15, -0.1) is 0 Å². The van der Waals surface area contributed by atoms with Crippen molar-refractivity contribution in [2.75, 3.05) is 13.3 Å². The van der Waals surface area contributed by atoms with Crippen molar-refractivity contribution in [2.24, 2.45) is 5.73 Å². The van der Waals surface area contributed by atoms with E-state index in [9.17, 15) is 8.42 Å². The van der Waals surface area contributed by atoms with Gasteiger partial charge in [0.25, 0.3) is 0 Å². The summed E-state index contributed by atoms with van der Waals surface area (Å²) in [6, 6.07) is 1.41. The van der Waals surface area contributed by atoms with Crippen molar-refractivity contribution in [3.05, 3.63) is 0 Å². The Morgan fingerprint density at radius 3 is 2.21 bits per heavy atom. The topological polar surface area (TPSA) is 63.4 Å². The van der Waals surface area contributed by atoms with E-state index in [1.54, 1.807) is 0 Å². The van der Waals surface area contributed by atoms with Crippen LogP contribution in [0.3, 0.4) is 0 Å². The van der Waals surface area contributed by atoms with Crippen molar-refractivity contribution in [2.45, 2.75) is 74.7 Å². The minimum atomic E-state index is -2.88. The summed E-state index contributed by atoms with van der Waals surface area (Å²) in [7, 11) is -0.701. The number of nitrogens with two attached hydrogens (primary N) is 1. The molecule has 5 heteroatoms. The van der Waals surface area contributed by atoms with Gasteiger partial charge in [-0.05, 0) is 52.0 Å². The smallest absolute Gasteiger partial charge is 0.150 e. The summed E-state index contributed by atoms with van der Waals surface area (Å²) in [6.07, 6.45) is 9.78. The van der Waals surface area contributed by atoms with E-state index in [1.165, 1.54) is 6.26 Å². The maximum Gasteiger partial charge on any atom is 0.150 e. The molecule has 2 fully saturated rings. The lowest BCUT2D eigenvalue weighted by Crippen LogP contribution is -2.47. The highest BCUT2D eigenvalue weighted by atomic mass is 32.2. The van der Waals surface area contributed by atoms with Gasteiger partial charge in [-0.25, -0.2) is 8.42 Å². The minimum absolute atomic E-state index is 0.125. The van der Waals surface area contributed by atoms with Crippen LogP contribution < -0.4 is 5.73 Å². The third kappa shape index (κ3) is 3.92. The first kappa shape index (κ1) is 15.3. The standard InChI is InChI=1S/C14H28N2O2S/c1-16(12-8-6-11(15)7-9-12)13-4-3-5-14(10-13)19(2,17)18/h11-14H,3-10,15H2,1-2H3. The van der Waals surface area contributed by atoms with Gasteiger partial charge in [0.2, 0.25) is 0 Å². The van der Waals surface area contributed by atoms with E-state index in [0.717, 1.165) is 51.4 Å². The van der Waals surface area contributed by atoms with Gasteiger partial charge >= 0.3 is 0 Å². The first-order chi connectivity index (χ1) is 8.88. The second-order valence-electron chi connectivity index (χ2n) is 6.51. The summed E-state index contributed by atoms with van der Waals surface area (Å²) in [4.78, 5) is 2.45. The molecule has 0 amide bonds. The Morgan fingerprint density at radius 2 is 1.63 bits per heavy atom. The largest absolute Gasteiger partial charge is 0.328 e. The highest BCUT2D eigenvalue weighted by molar-refractivity contribution is 7.91. The Morgan fingerprint density at radius 1 is 1.00 bits per heavy atom. The molecule has 0 bridgehead atoms. The zero-order chi connectivity index (χ0) is 14.0. The molecule has 0 aromatic heterocycles. The van der Waals surface area contributed by atoms with Crippen LogP contribution in [0.25, 0.3) is 0 Å². The average molecular weight is 288 g/mol. The van der Waals surface area contributed by atoms with Gasteiger partial charge in [0.15, 0.2) is 0 Å². The molecule has 2 aliphatic rings. The van der Waals surface area contributed by atoms with Crippen LogP contribution in [0.4, 0.5) is 0 Å². The fourth-order valence-electron chi connectivity index (χ4n) is 3.69. The Labute approximate surface area is 117 Å². The van der Waals surface area contributed by atoms with Crippen molar-refractivity contribution in [3.63, 3.8) is 0 Å². The van der Waals surface area contributed by atoms with Gasteiger partial charge < -0.3 is 10.6 Å². The van der Waals surface area contributed by atoms with Crippen LogP contribution in [0.15, 0.2) is 0 Å². The molecule has 0 aromatic carbocycles. The molecule has 0 aliphatic heterocycles. The molecule has 112 valence electrons. The number of nitrogens with zero attached hydrogens (tertiary/aromatic N) is 1. The van der Waals surface area contributed by atoms with Gasteiger partial charge in [-0.2, -0.15) is 0 Å². The van der Waals surface area contributed by atoms with E-state index in [2.05, 4.69) is 11.9 Å². The molecule has 2 atom stereocenters. The molecule has 2 unspecified atom stereocenters. The Hall–Kier alpha value is -0.130. The second-order valence-corrected chi connectivity index (χ2v) is 8.83. The lowest BCUT2D eigenvalue weighted by atomic mass is 9.87. The summed E-state index contributed by atoms with van der Waals surface area (Å²) in [6.45, 7) is 0. The molecule has 0 radical (unpaired) electrons. The predicted molar refractivity (Wildman–Crippen MR) is 78.9 cm³/mol. The van der Waals surface area contributed by atoms with Crippen LogP contribution in [0.5, 0.6) is 0 Å². The zero-order valence-electron chi connectivity index (χ0n) is 12.2. The van der Waals surface area contributed by atoms with Gasteiger partial charge in [-0.1, -0.05) is 6.42 Å². The van der Waals surface area contributed by atoms with Crippen molar-refractivity contribution in [1.82, 2.24) is 4.90 Å². The Balaban J connectivity index is 1.93. The van der Waals surface area contributed by atoms with Gasteiger partial charge in [0.1, 0.15) is 9.84 Å². The van der Waals surface area contributed by atoms with E-state index in [0.29, 0.717) is 18.1 Å². The molecule has 2 saturated carbocycles. The van der Waals surface area contributed by atoms with Crippen LogP contribution in [-0.2, 0) is 9.84 Å². The molecular formula is C14H28N2O2S. The summed E-state index contributed by atoms with van der Waals surface area (Å²) in [5.74, 6) is 0. The van der Waals surface area contributed by atoms with E-state index in [1.807, 2.05) is 0 Å². The van der Waals surface area contributed by atoms with E-state index in [4.69, 9.17) is 5.73 Å². The molecule has 2 aliphatic carbocycles. The molecule has 4 nitrogen and oxygen atoms in total. The molecule has 0 heterocycles. The number of hydrogen-bond acceptors (Lipinski definition) is 4. The van der Waals surface area contributed by atoms with Crippen molar-refractivity contribution >= 4 is 9.84 Å². The molecular weight excluding hydrogens is 260 g/mol. The van der Waals surface area contributed by atoms with Crippen LogP contribution in [0.2, 0.25) is 0 Å². The maximum atomic E-state index is 11.7. The van der Waals surface area contributed by atoms with E-state index in [-0.39, 0.29) is 5.25 Å². The third-order valence-corrected chi connectivity index (χ3v) is 6.74. The Bertz CT molecular complexity index is 388. The van der Waals surface area contributed by atoms with Crippen LogP contribution in [-0.4, -0.2) is 50.0 Å². The Kier molecular flexibility index (Phi) is 4.90.